The molecule has 1 aromatic rings. The molecule has 7 heteroatoms. The maximum atomic E-state index is 12.6. The second-order valence-corrected chi connectivity index (χ2v) is 5.43. The third-order valence-electron chi connectivity index (χ3n) is 3.73. The monoisotopic (exact) mass is 330 g/mol. The number of nitrogens with one attached hydrogen (secondary N) is 3. The first-order valence-electron chi connectivity index (χ1n) is 7.98. The Morgan fingerprint density at radius 1 is 1.25 bits per heavy atom. The molecular formula is C17H22N4O3. The van der Waals surface area contributed by atoms with Crippen molar-refractivity contribution in [3.05, 3.63) is 42.1 Å². The Hall–Kier alpha value is -2.83. The molecule has 4 amide bonds. The van der Waals surface area contributed by atoms with Crippen LogP contribution in [0.2, 0.25) is 0 Å². The molecule has 128 valence electrons. The van der Waals surface area contributed by atoms with Gasteiger partial charge < -0.3 is 10.9 Å². The highest BCUT2D eigenvalue weighted by atomic mass is 16.2. The average molecular weight is 330 g/mol. The summed E-state index contributed by atoms with van der Waals surface area (Å²) in [6.45, 7) is 3.99. The van der Waals surface area contributed by atoms with Gasteiger partial charge in [0.25, 0.3) is 0 Å². The normalized spacial score (nSPS) is 18.4. The summed E-state index contributed by atoms with van der Waals surface area (Å²) >= 11 is 0. The number of hydrazine groups is 1. The number of hydrogen-bond acceptors (Lipinski definition) is 5. The summed E-state index contributed by atoms with van der Waals surface area (Å²) in [6, 6.07) is 8.66. The van der Waals surface area contributed by atoms with Crippen LogP contribution >= 0.6 is 0 Å². The molecule has 1 saturated heterocycles. The van der Waals surface area contributed by atoms with Crippen LogP contribution in [0.15, 0.2) is 42.1 Å². The highest BCUT2D eigenvalue weighted by molar-refractivity contribution is 6.17. The van der Waals surface area contributed by atoms with E-state index in [0.29, 0.717) is 18.7 Å². The maximum Gasteiger partial charge on any atom is 0.330 e. The summed E-state index contributed by atoms with van der Waals surface area (Å²) in [4.78, 5) is 37.7. The highest BCUT2D eigenvalue weighted by Gasteiger charge is 2.42. The molecule has 1 aliphatic rings. The molecule has 1 fully saturated rings. The van der Waals surface area contributed by atoms with Crippen molar-refractivity contribution in [3.8, 4) is 0 Å². The van der Waals surface area contributed by atoms with Crippen molar-refractivity contribution in [3.63, 3.8) is 0 Å². The SMILES string of the molecule is C/C=C(/NNc1ccccc1)[C@H]1C(=O)NC(=O)N(CCCC)C1=O. The van der Waals surface area contributed by atoms with E-state index in [-0.39, 0.29) is 0 Å². The van der Waals surface area contributed by atoms with Crippen LogP contribution in [0, 0.1) is 5.92 Å². The Morgan fingerprint density at radius 3 is 2.58 bits per heavy atom. The second kappa shape index (κ2) is 8.14. The fraction of sp³-hybridized carbons (Fsp3) is 0.353. The second-order valence-electron chi connectivity index (χ2n) is 5.43. The van der Waals surface area contributed by atoms with E-state index in [1.807, 2.05) is 37.3 Å². The van der Waals surface area contributed by atoms with Gasteiger partial charge in [-0.1, -0.05) is 37.6 Å². The number of barbiturate groups is 1. The first kappa shape index (κ1) is 17.5. The summed E-state index contributed by atoms with van der Waals surface area (Å²) in [6.07, 6.45) is 3.19. The number of unbranched alkanes of at least 4 members (excludes halogenated alkanes) is 1. The van der Waals surface area contributed by atoms with Gasteiger partial charge >= 0.3 is 6.03 Å². The lowest BCUT2D eigenvalue weighted by molar-refractivity contribution is -0.141. The van der Waals surface area contributed by atoms with Crippen LogP contribution in [0.3, 0.4) is 0 Å². The van der Waals surface area contributed by atoms with Crippen molar-refractivity contribution in [2.45, 2.75) is 26.7 Å². The molecule has 1 heterocycles. The van der Waals surface area contributed by atoms with E-state index in [2.05, 4.69) is 16.2 Å². The summed E-state index contributed by atoms with van der Waals surface area (Å²) in [5.74, 6) is -2.19. The summed E-state index contributed by atoms with van der Waals surface area (Å²) in [7, 11) is 0. The molecule has 0 bridgehead atoms. The molecule has 0 radical (unpaired) electrons. The first-order chi connectivity index (χ1) is 11.6. The quantitative estimate of drug-likeness (QED) is 0.525. The van der Waals surface area contributed by atoms with Gasteiger partial charge in [0, 0.05) is 12.2 Å². The molecule has 1 aromatic carbocycles. The maximum absolute atomic E-state index is 12.6. The van der Waals surface area contributed by atoms with Gasteiger partial charge in [0.1, 0.15) is 0 Å². The minimum absolute atomic E-state index is 0.300. The molecule has 0 aliphatic carbocycles. The van der Waals surface area contributed by atoms with Crippen LogP contribution in [0.25, 0.3) is 0 Å². The molecule has 0 aromatic heterocycles. The molecule has 1 aliphatic heterocycles. The Morgan fingerprint density at radius 2 is 1.96 bits per heavy atom. The Balaban J connectivity index is 2.12. The summed E-state index contributed by atoms with van der Waals surface area (Å²) < 4.78 is 0. The van der Waals surface area contributed by atoms with Gasteiger partial charge in [-0.15, -0.1) is 0 Å². The number of carbonyl (C=O) groups excluding carboxylic acids is 3. The third-order valence-corrected chi connectivity index (χ3v) is 3.73. The van der Waals surface area contributed by atoms with Crippen molar-refractivity contribution in [1.29, 1.82) is 0 Å². The average Bonchev–Trinajstić information content (AvgIpc) is 2.58. The van der Waals surface area contributed by atoms with Gasteiger partial charge in [-0.3, -0.25) is 19.8 Å². The zero-order valence-corrected chi connectivity index (χ0v) is 13.8. The number of imide groups is 2. The minimum atomic E-state index is -1.07. The number of hydrogen-bond donors (Lipinski definition) is 3. The van der Waals surface area contributed by atoms with E-state index in [4.69, 9.17) is 0 Å². The van der Waals surface area contributed by atoms with Gasteiger partial charge in [-0.25, -0.2) is 4.79 Å². The number of rotatable bonds is 7. The number of anilines is 1. The standard InChI is InChI=1S/C17H22N4O3/c1-3-5-11-21-16(23)14(15(22)18-17(21)24)13(4-2)20-19-12-9-7-6-8-10-12/h4,6-10,14,19-20H,3,5,11H2,1-2H3,(H,18,22,24)/b13-4+/t14-/m0/s1. The van der Waals surface area contributed by atoms with Crippen LogP contribution in [0.5, 0.6) is 0 Å². The molecule has 0 saturated carbocycles. The molecule has 7 nitrogen and oxygen atoms in total. The number of para-hydroxylation sites is 1. The summed E-state index contributed by atoms with van der Waals surface area (Å²) in [5, 5.41) is 2.25. The van der Waals surface area contributed by atoms with Crippen LogP contribution < -0.4 is 16.2 Å². The lowest BCUT2D eigenvalue weighted by Gasteiger charge is -2.31. The Kier molecular flexibility index (Phi) is 5.95. The number of amides is 4. The number of carbonyl (C=O) groups is 3. The number of urea groups is 1. The molecule has 2 rings (SSSR count). The number of nitrogens with zero attached hydrogens (tertiary/aromatic N) is 1. The smallest absolute Gasteiger partial charge is 0.304 e. The van der Waals surface area contributed by atoms with Gasteiger partial charge in [0.2, 0.25) is 11.8 Å². The van der Waals surface area contributed by atoms with Crippen molar-refractivity contribution in [2.24, 2.45) is 5.92 Å². The summed E-state index contributed by atoms with van der Waals surface area (Å²) in [5.41, 5.74) is 7.04. The van der Waals surface area contributed by atoms with Gasteiger partial charge in [0.05, 0.1) is 5.69 Å². The Labute approximate surface area is 141 Å². The molecule has 0 unspecified atom stereocenters. The van der Waals surface area contributed by atoms with Gasteiger partial charge in [-0.2, -0.15) is 0 Å². The van der Waals surface area contributed by atoms with Crippen molar-refractivity contribution >= 4 is 23.5 Å². The van der Waals surface area contributed by atoms with E-state index >= 15 is 0 Å². The van der Waals surface area contributed by atoms with Crippen LogP contribution in [-0.2, 0) is 9.59 Å². The van der Waals surface area contributed by atoms with E-state index < -0.39 is 23.8 Å². The molecule has 3 N–H and O–H groups in total. The lowest BCUT2D eigenvalue weighted by atomic mass is 10.00. The molecule has 0 spiro atoms. The van der Waals surface area contributed by atoms with Crippen LogP contribution in [0.1, 0.15) is 26.7 Å². The van der Waals surface area contributed by atoms with E-state index in [0.717, 1.165) is 17.0 Å². The zero-order valence-electron chi connectivity index (χ0n) is 13.8. The fourth-order valence-corrected chi connectivity index (χ4v) is 2.39. The largest absolute Gasteiger partial charge is 0.330 e. The van der Waals surface area contributed by atoms with E-state index in [1.54, 1.807) is 13.0 Å². The van der Waals surface area contributed by atoms with E-state index in [9.17, 15) is 14.4 Å². The third kappa shape index (κ3) is 3.92. The molecule has 1 atom stereocenters. The topological polar surface area (TPSA) is 90.5 Å². The van der Waals surface area contributed by atoms with Crippen molar-refractivity contribution < 1.29 is 14.4 Å². The van der Waals surface area contributed by atoms with Gasteiger partial charge in [-0.05, 0) is 25.5 Å². The zero-order chi connectivity index (χ0) is 17.5. The Bertz CT molecular complexity index is 642. The van der Waals surface area contributed by atoms with Crippen LogP contribution in [-0.4, -0.2) is 29.3 Å². The van der Waals surface area contributed by atoms with Crippen LogP contribution in [0.4, 0.5) is 10.5 Å². The lowest BCUT2D eigenvalue weighted by Crippen LogP contribution is -2.59. The highest BCUT2D eigenvalue weighted by Crippen LogP contribution is 2.18. The van der Waals surface area contributed by atoms with Crippen molar-refractivity contribution in [1.82, 2.24) is 15.6 Å². The fourth-order valence-electron chi connectivity index (χ4n) is 2.39. The number of benzene rings is 1. The number of allylic oxidation sites excluding steroid dienone is 1. The van der Waals surface area contributed by atoms with Crippen molar-refractivity contribution in [2.75, 3.05) is 12.0 Å². The minimum Gasteiger partial charge on any atom is -0.304 e. The molecule has 24 heavy (non-hydrogen) atoms. The molecular weight excluding hydrogens is 308 g/mol. The predicted molar refractivity (Wildman–Crippen MR) is 90.6 cm³/mol. The first-order valence-corrected chi connectivity index (χ1v) is 7.98. The van der Waals surface area contributed by atoms with E-state index in [1.165, 1.54) is 0 Å². The predicted octanol–water partition coefficient (Wildman–Crippen LogP) is 2.00. The van der Waals surface area contributed by atoms with Gasteiger partial charge in [0.15, 0.2) is 5.92 Å².